The van der Waals surface area contributed by atoms with Gasteiger partial charge in [0.15, 0.2) is 5.96 Å². The van der Waals surface area contributed by atoms with E-state index in [1.807, 2.05) is 0 Å². The lowest BCUT2D eigenvalue weighted by Crippen LogP contribution is -2.50. The second kappa shape index (κ2) is 9.98. The maximum Gasteiger partial charge on any atom is 0.194 e. The predicted octanol–water partition coefficient (Wildman–Crippen LogP) is 3.81. The molecule has 2 unspecified atom stereocenters. The Labute approximate surface area is 170 Å². The van der Waals surface area contributed by atoms with E-state index in [9.17, 15) is 4.39 Å². The number of morpholine rings is 1. The van der Waals surface area contributed by atoms with Gasteiger partial charge in [0.05, 0.1) is 23.4 Å². The minimum atomic E-state index is -0.229. The van der Waals surface area contributed by atoms with Crippen LogP contribution in [-0.4, -0.2) is 48.1 Å². The van der Waals surface area contributed by atoms with Gasteiger partial charge in [-0.1, -0.05) is 19.1 Å². The maximum absolute atomic E-state index is 13.3. The minimum absolute atomic E-state index is 0.0679. The Balaban J connectivity index is 1.67. The number of aryl methyl sites for hydroxylation is 1. The van der Waals surface area contributed by atoms with E-state index in [0.717, 1.165) is 43.1 Å². The number of benzene rings is 1. The molecule has 7 heteroatoms. The average molecular weight is 405 g/mol. The first kappa shape index (κ1) is 20.7. The summed E-state index contributed by atoms with van der Waals surface area (Å²) in [5.74, 6) is 0.670. The quantitative estimate of drug-likeness (QED) is 0.587. The van der Waals surface area contributed by atoms with Gasteiger partial charge in [-0.15, -0.1) is 11.3 Å². The van der Waals surface area contributed by atoms with E-state index < -0.39 is 0 Å². The van der Waals surface area contributed by atoms with E-state index >= 15 is 0 Å². The van der Waals surface area contributed by atoms with Crippen LogP contribution in [0.5, 0.6) is 0 Å². The van der Waals surface area contributed by atoms with Crippen LogP contribution in [0.15, 0.2) is 34.6 Å². The van der Waals surface area contributed by atoms with Crippen molar-refractivity contribution in [2.24, 2.45) is 4.99 Å². The monoisotopic (exact) mass is 404 g/mol. The van der Waals surface area contributed by atoms with Crippen LogP contribution in [0, 0.1) is 5.82 Å². The normalized spacial score (nSPS) is 20.4. The molecule has 1 aromatic carbocycles. The standard InChI is InChI=1S/C21H29FN4OS/c1-4-20-25-18(14-28-20)10-11-24-21(23-5-2)26-12-15(3)27-19(13-26)16-6-8-17(22)9-7-16/h6-9,14-15,19H,4-5,10-13H2,1-3H3,(H,23,24). The molecule has 28 heavy (non-hydrogen) atoms. The van der Waals surface area contributed by atoms with Gasteiger partial charge in [-0.3, -0.25) is 4.99 Å². The molecule has 0 aliphatic carbocycles. The predicted molar refractivity (Wildman–Crippen MR) is 112 cm³/mol. The van der Waals surface area contributed by atoms with Gasteiger partial charge in [-0.2, -0.15) is 0 Å². The molecule has 1 fully saturated rings. The second-order valence-electron chi connectivity index (χ2n) is 6.96. The van der Waals surface area contributed by atoms with E-state index in [0.29, 0.717) is 13.1 Å². The van der Waals surface area contributed by atoms with Crippen LogP contribution in [0.1, 0.15) is 43.1 Å². The highest BCUT2D eigenvalue weighted by Crippen LogP contribution is 2.25. The van der Waals surface area contributed by atoms with Crippen molar-refractivity contribution in [1.29, 1.82) is 0 Å². The van der Waals surface area contributed by atoms with Gasteiger partial charge in [-0.25, -0.2) is 9.37 Å². The largest absolute Gasteiger partial charge is 0.367 e. The highest BCUT2D eigenvalue weighted by atomic mass is 32.1. The molecule has 0 spiro atoms. The third kappa shape index (κ3) is 5.52. The number of aliphatic imine (C=N–C) groups is 1. The fourth-order valence-electron chi connectivity index (χ4n) is 3.31. The molecule has 5 nitrogen and oxygen atoms in total. The Morgan fingerprint density at radius 1 is 1.32 bits per heavy atom. The Kier molecular flexibility index (Phi) is 7.39. The fraction of sp³-hybridized carbons (Fsp3) is 0.524. The molecule has 0 saturated carbocycles. The zero-order valence-corrected chi connectivity index (χ0v) is 17.6. The number of guanidine groups is 1. The molecule has 1 aliphatic rings. The Morgan fingerprint density at radius 3 is 2.79 bits per heavy atom. The molecule has 0 amide bonds. The molecule has 2 heterocycles. The van der Waals surface area contributed by atoms with Gasteiger partial charge in [0.1, 0.15) is 11.9 Å². The van der Waals surface area contributed by atoms with Gasteiger partial charge >= 0.3 is 0 Å². The number of halogens is 1. The first-order chi connectivity index (χ1) is 13.6. The van der Waals surface area contributed by atoms with E-state index in [-0.39, 0.29) is 18.0 Å². The zero-order chi connectivity index (χ0) is 19.9. The summed E-state index contributed by atoms with van der Waals surface area (Å²) in [6.45, 7) is 9.24. The summed E-state index contributed by atoms with van der Waals surface area (Å²) >= 11 is 1.72. The van der Waals surface area contributed by atoms with Crippen molar-refractivity contribution < 1.29 is 9.13 Å². The van der Waals surface area contributed by atoms with Crippen molar-refractivity contribution in [1.82, 2.24) is 15.2 Å². The number of thiazole rings is 1. The second-order valence-corrected chi connectivity index (χ2v) is 7.91. The lowest BCUT2D eigenvalue weighted by Gasteiger charge is -2.38. The van der Waals surface area contributed by atoms with Crippen molar-refractivity contribution in [2.75, 3.05) is 26.2 Å². The van der Waals surface area contributed by atoms with Crippen LogP contribution >= 0.6 is 11.3 Å². The van der Waals surface area contributed by atoms with E-state index in [1.165, 1.54) is 17.1 Å². The van der Waals surface area contributed by atoms with E-state index in [2.05, 4.69) is 41.4 Å². The minimum Gasteiger partial charge on any atom is -0.367 e. The Morgan fingerprint density at radius 2 is 2.11 bits per heavy atom. The fourth-order valence-corrected chi connectivity index (χ4v) is 4.09. The molecule has 0 radical (unpaired) electrons. The molecule has 0 bridgehead atoms. The van der Waals surface area contributed by atoms with E-state index in [1.54, 1.807) is 23.5 Å². The molecule has 3 rings (SSSR count). The summed E-state index contributed by atoms with van der Waals surface area (Å²) in [5, 5.41) is 6.70. The number of nitrogens with zero attached hydrogens (tertiary/aromatic N) is 3. The molecular formula is C21H29FN4OS. The SMILES string of the molecule is CCNC(=NCCc1csc(CC)n1)N1CC(C)OC(c2ccc(F)cc2)C1. The summed E-state index contributed by atoms with van der Waals surface area (Å²) in [6, 6.07) is 6.57. The Bertz CT molecular complexity index is 777. The number of hydrogen-bond donors (Lipinski definition) is 1. The molecule has 1 aromatic heterocycles. The molecular weight excluding hydrogens is 375 g/mol. The van der Waals surface area contributed by atoms with Gasteiger partial charge in [-0.05, 0) is 38.0 Å². The molecule has 1 saturated heterocycles. The van der Waals surface area contributed by atoms with Crippen molar-refractivity contribution in [3.05, 3.63) is 51.7 Å². The van der Waals surface area contributed by atoms with Crippen LogP contribution in [-0.2, 0) is 17.6 Å². The van der Waals surface area contributed by atoms with Crippen LogP contribution in [0.3, 0.4) is 0 Å². The average Bonchev–Trinajstić information content (AvgIpc) is 3.15. The van der Waals surface area contributed by atoms with Crippen molar-refractivity contribution in [3.8, 4) is 0 Å². The third-order valence-electron chi connectivity index (χ3n) is 4.67. The van der Waals surface area contributed by atoms with Crippen LogP contribution in [0.25, 0.3) is 0 Å². The van der Waals surface area contributed by atoms with E-state index in [4.69, 9.17) is 9.73 Å². The number of aromatic nitrogens is 1. The number of ether oxygens (including phenoxy) is 1. The molecule has 152 valence electrons. The highest BCUT2D eigenvalue weighted by Gasteiger charge is 2.28. The van der Waals surface area contributed by atoms with Gasteiger partial charge in [0.25, 0.3) is 0 Å². The smallest absolute Gasteiger partial charge is 0.194 e. The molecule has 2 aromatic rings. The van der Waals surface area contributed by atoms with Crippen LogP contribution in [0.2, 0.25) is 0 Å². The number of rotatable bonds is 6. The van der Waals surface area contributed by atoms with Gasteiger partial charge in [0.2, 0.25) is 0 Å². The number of nitrogens with one attached hydrogen (secondary N) is 1. The lowest BCUT2D eigenvalue weighted by atomic mass is 10.1. The first-order valence-electron chi connectivity index (χ1n) is 9.96. The van der Waals surface area contributed by atoms with Crippen LogP contribution < -0.4 is 5.32 Å². The van der Waals surface area contributed by atoms with Gasteiger partial charge < -0.3 is 15.0 Å². The molecule has 1 aliphatic heterocycles. The summed E-state index contributed by atoms with van der Waals surface area (Å²) < 4.78 is 19.4. The Hall–Kier alpha value is -1.99. The van der Waals surface area contributed by atoms with Crippen molar-refractivity contribution >= 4 is 17.3 Å². The zero-order valence-electron chi connectivity index (χ0n) is 16.8. The topological polar surface area (TPSA) is 49.8 Å². The summed E-state index contributed by atoms with van der Waals surface area (Å²) in [7, 11) is 0. The summed E-state index contributed by atoms with van der Waals surface area (Å²) in [6.07, 6.45) is 1.79. The summed E-state index contributed by atoms with van der Waals surface area (Å²) in [5.41, 5.74) is 2.10. The maximum atomic E-state index is 13.3. The molecule has 1 N–H and O–H groups in total. The number of hydrogen-bond acceptors (Lipinski definition) is 4. The molecule has 2 atom stereocenters. The lowest BCUT2D eigenvalue weighted by molar-refractivity contribution is -0.0605. The van der Waals surface area contributed by atoms with Crippen LogP contribution in [0.4, 0.5) is 4.39 Å². The third-order valence-corrected chi connectivity index (χ3v) is 5.71. The van der Waals surface area contributed by atoms with Gasteiger partial charge in [0, 0.05) is 31.4 Å². The highest BCUT2D eigenvalue weighted by molar-refractivity contribution is 7.09. The summed E-state index contributed by atoms with van der Waals surface area (Å²) in [4.78, 5) is 11.7. The van der Waals surface area contributed by atoms with Crippen molar-refractivity contribution in [2.45, 2.75) is 45.8 Å². The van der Waals surface area contributed by atoms with Crippen molar-refractivity contribution in [3.63, 3.8) is 0 Å². The first-order valence-corrected chi connectivity index (χ1v) is 10.8.